The predicted molar refractivity (Wildman–Crippen MR) is 75.8 cm³/mol. The summed E-state index contributed by atoms with van der Waals surface area (Å²) < 4.78 is 0. The number of benzene rings is 1. The molecule has 0 saturated carbocycles. The smallest absolute Gasteiger partial charge is 0.195 e. The van der Waals surface area contributed by atoms with Crippen molar-refractivity contribution in [1.82, 2.24) is 9.80 Å². The van der Waals surface area contributed by atoms with Crippen LogP contribution < -0.4 is 0 Å². The number of aliphatic hydroxyl groups excluding tert-OH is 1. The summed E-state index contributed by atoms with van der Waals surface area (Å²) in [5.41, 5.74) is 2.06. The van der Waals surface area contributed by atoms with Crippen molar-refractivity contribution in [3.8, 4) is 0 Å². The lowest BCUT2D eigenvalue weighted by Crippen LogP contribution is -2.35. The largest absolute Gasteiger partial charge is 0.386 e. The molecule has 1 N–H and O–H groups in total. The van der Waals surface area contributed by atoms with E-state index in [1.165, 1.54) is 0 Å². The highest BCUT2D eigenvalue weighted by Gasteiger charge is 2.09. The van der Waals surface area contributed by atoms with E-state index >= 15 is 0 Å². The van der Waals surface area contributed by atoms with E-state index in [0.717, 1.165) is 17.1 Å². The molecule has 0 radical (unpaired) electrons. The molecule has 1 rings (SSSR count). The Morgan fingerprint density at radius 3 is 2.33 bits per heavy atom. The first-order chi connectivity index (χ1) is 8.41. The molecule has 0 aliphatic rings. The lowest BCUT2D eigenvalue weighted by atomic mass is 10.1. The van der Waals surface area contributed by atoms with Gasteiger partial charge in [-0.05, 0) is 12.5 Å². The van der Waals surface area contributed by atoms with Crippen molar-refractivity contribution in [2.24, 2.45) is 4.99 Å². The fraction of sp³-hybridized carbons (Fsp3) is 0.500. The minimum Gasteiger partial charge on any atom is -0.386 e. The minimum absolute atomic E-state index is 0.370. The third-order valence-corrected chi connectivity index (χ3v) is 2.63. The summed E-state index contributed by atoms with van der Waals surface area (Å²) in [5, 5.41) is 10.1. The molecule has 0 fully saturated rings. The van der Waals surface area contributed by atoms with Crippen LogP contribution in [0.5, 0.6) is 0 Å². The molecule has 100 valence electrons. The van der Waals surface area contributed by atoms with Crippen LogP contribution in [0.2, 0.25) is 0 Å². The van der Waals surface area contributed by atoms with Crippen molar-refractivity contribution in [1.29, 1.82) is 0 Å². The highest BCUT2D eigenvalue weighted by atomic mass is 16.3. The van der Waals surface area contributed by atoms with Crippen LogP contribution in [0.3, 0.4) is 0 Å². The van der Waals surface area contributed by atoms with Crippen LogP contribution >= 0.6 is 0 Å². The van der Waals surface area contributed by atoms with Gasteiger partial charge in [0.05, 0.1) is 12.6 Å². The van der Waals surface area contributed by atoms with E-state index in [1.807, 2.05) is 69.2 Å². The molecule has 0 aliphatic carbocycles. The van der Waals surface area contributed by atoms with Crippen molar-refractivity contribution in [2.45, 2.75) is 13.0 Å². The number of aliphatic hydroxyl groups is 1. The normalized spacial score (nSPS) is 11.9. The molecular formula is C14H23N3O. The zero-order valence-electron chi connectivity index (χ0n) is 11.9. The van der Waals surface area contributed by atoms with Gasteiger partial charge >= 0.3 is 0 Å². The molecule has 0 bridgehead atoms. The summed E-state index contributed by atoms with van der Waals surface area (Å²) in [6.45, 7) is 2.39. The summed E-state index contributed by atoms with van der Waals surface area (Å²) in [6, 6.07) is 7.89. The molecule has 0 aromatic heterocycles. The van der Waals surface area contributed by atoms with Gasteiger partial charge in [-0.2, -0.15) is 0 Å². The Labute approximate surface area is 110 Å². The second-order valence-corrected chi connectivity index (χ2v) is 4.86. The van der Waals surface area contributed by atoms with Crippen LogP contribution in [0.1, 0.15) is 17.2 Å². The fourth-order valence-electron chi connectivity index (χ4n) is 1.83. The number of rotatable bonds is 3. The van der Waals surface area contributed by atoms with Gasteiger partial charge in [0.25, 0.3) is 0 Å². The summed E-state index contributed by atoms with van der Waals surface area (Å²) in [7, 11) is 7.77. The van der Waals surface area contributed by atoms with Crippen molar-refractivity contribution < 1.29 is 5.11 Å². The van der Waals surface area contributed by atoms with E-state index in [0.29, 0.717) is 6.54 Å². The number of nitrogens with zero attached hydrogens (tertiary/aromatic N) is 3. The van der Waals surface area contributed by atoms with E-state index in [2.05, 4.69) is 4.99 Å². The number of hydrogen-bond donors (Lipinski definition) is 1. The Kier molecular flexibility index (Phi) is 5.16. The number of guanidine groups is 1. The number of aliphatic imine (C=N–C) groups is 1. The average Bonchev–Trinajstić information content (AvgIpc) is 2.28. The van der Waals surface area contributed by atoms with Crippen molar-refractivity contribution in [3.63, 3.8) is 0 Å². The molecule has 1 aromatic rings. The van der Waals surface area contributed by atoms with E-state index in [4.69, 9.17) is 0 Å². The molecule has 0 spiro atoms. The van der Waals surface area contributed by atoms with Crippen LogP contribution in [0.25, 0.3) is 0 Å². The van der Waals surface area contributed by atoms with Gasteiger partial charge in [0, 0.05) is 28.2 Å². The van der Waals surface area contributed by atoms with Crippen LogP contribution in [-0.4, -0.2) is 55.6 Å². The standard InChI is InChI=1S/C14H23N3O/c1-11-7-6-8-12(9-11)13(18)10-15-14(16(2)3)17(4)5/h6-9,13,18H,10H2,1-5H3. The molecule has 1 atom stereocenters. The molecule has 0 aliphatic heterocycles. The van der Waals surface area contributed by atoms with E-state index < -0.39 is 6.10 Å². The van der Waals surface area contributed by atoms with E-state index in [1.54, 1.807) is 0 Å². The number of aryl methyl sites for hydroxylation is 1. The van der Waals surface area contributed by atoms with Gasteiger partial charge in [-0.25, -0.2) is 4.99 Å². The van der Waals surface area contributed by atoms with Crippen LogP contribution in [-0.2, 0) is 0 Å². The van der Waals surface area contributed by atoms with Crippen LogP contribution in [0.4, 0.5) is 0 Å². The molecule has 18 heavy (non-hydrogen) atoms. The monoisotopic (exact) mass is 249 g/mol. The number of hydrogen-bond acceptors (Lipinski definition) is 2. The van der Waals surface area contributed by atoms with Gasteiger partial charge in [-0.1, -0.05) is 29.8 Å². The average molecular weight is 249 g/mol. The molecule has 4 nitrogen and oxygen atoms in total. The first-order valence-corrected chi connectivity index (χ1v) is 6.05. The first-order valence-electron chi connectivity index (χ1n) is 6.05. The van der Waals surface area contributed by atoms with Crippen molar-refractivity contribution >= 4 is 5.96 Å². The Morgan fingerprint density at radius 2 is 1.83 bits per heavy atom. The first kappa shape index (κ1) is 14.5. The molecule has 0 amide bonds. The molecule has 1 unspecified atom stereocenters. The molecule has 0 saturated heterocycles. The maximum atomic E-state index is 10.1. The maximum absolute atomic E-state index is 10.1. The predicted octanol–water partition coefficient (Wildman–Crippen LogP) is 1.51. The van der Waals surface area contributed by atoms with Crippen LogP contribution in [0.15, 0.2) is 29.3 Å². The Hall–Kier alpha value is -1.55. The molecule has 4 heteroatoms. The van der Waals surface area contributed by atoms with Gasteiger partial charge < -0.3 is 14.9 Å². The Balaban J connectivity index is 2.75. The summed E-state index contributed by atoms with van der Waals surface area (Å²) in [5.74, 6) is 0.849. The molecule has 0 heterocycles. The van der Waals surface area contributed by atoms with Gasteiger partial charge in [0.15, 0.2) is 5.96 Å². The second-order valence-electron chi connectivity index (χ2n) is 4.86. The highest BCUT2D eigenvalue weighted by molar-refractivity contribution is 5.79. The quantitative estimate of drug-likeness (QED) is 0.652. The van der Waals surface area contributed by atoms with Crippen molar-refractivity contribution in [3.05, 3.63) is 35.4 Å². The third kappa shape index (κ3) is 4.04. The summed E-state index contributed by atoms with van der Waals surface area (Å²) in [4.78, 5) is 8.31. The van der Waals surface area contributed by atoms with Crippen molar-refractivity contribution in [2.75, 3.05) is 34.7 Å². The molecule has 1 aromatic carbocycles. The van der Waals surface area contributed by atoms with E-state index in [9.17, 15) is 5.11 Å². The SMILES string of the molecule is Cc1cccc(C(O)CN=C(N(C)C)N(C)C)c1. The van der Waals surface area contributed by atoms with Gasteiger partial charge in [-0.15, -0.1) is 0 Å². The molecular weight excluding hydrogens is 226 g/mol. The highest BCUT2D eigenvalue weighted by Crippen LogP contribution is 2.14. The second kappa shape index (κ2) is 6.40. The van der Waals surface area contributed by atoms with Gasteiger partial charge in [0.1, 0.15) is 0 Å². The lowest BCUT2D eigenvalue weighted by Gasteiger charge is -2.23. The van der Waals surface area contributed by atoms with Crippen LogP contribution in [0, 0.1) is 6.92 Å². The summed E-state index contributed by atoms with van der Waals surface area (Å²) in [6.07, 6.45) is -0.556. The summed E-state index contributed by atoms with van der Waals surface area (Å²) >= 11 is 0. The fourth-order valence-corrected chi connectivity index (χ4v) is 1.83. The Bertz CT molecular complexity index is 403. The zero-order chi connectivity index (χ0) is 13.7. The minimum atomic E-state index is -0.556. The van der Waals surface area contributed by atoms with E-state index in [-0.39, 0.29) is 0 Å². The van der Waals surface area contributed by atoms with Gasteiger partial charge in [0.2, 0.25) is 0 Å². The maximum Gasteiger partial charge on any atom is 0.195 e. The Morgan fingerprint density at radius 1 is 1.22 bits per heavy atom. The topological polar surface area (TPSA) is 39.1 Å². The third-order valence-electron chi connectivity index (χ3n) is 2.63. The zero-order valence-corrected chi connectivity index (χ0v) is 11.9. The lowest BCUT2D eigenvalue weighted by molar-refractivity contribution is 0.186. The van der Waals surface area contributed by atoms with Gasteiger partial charge in [-0.3, -0.25) is 0 Å².